The third kappa shape index (κ3) is 129. The Morgan fingerprint density at radius 3 is 1.57 bits per heavy atom. The highest BCUT2D eigenvalue weighted by atomic mass is 16.5. The summed E-state index contributed by atoms with van der Waals surface area (Å²) in [7, 11) is 1.55. The van der Waals surface area contributed by atoms with Crippen LogP contribution in [0, 0.1) is 0 Å². The lowest BCUT2D eigenvalue weighted by Crippen LogP contribution is -1.91. The number of carboxylic acid groups (broad SMARTS) is 2. The molecular formula is C8H18O6. The number of aliphatic hydroxyl groups excluding tert-OH is 1. The van der Waals surface area contributed by atoms with Gasteiger partial charge in [-0.15, -0.1) is 0 Å². The van der Waals surface area contributed by atoms with Crippen molar-refractivity contribution >= 4 is 11.9 Å². The number of rotatable bonds is 3. The van der Waals surface area contributed by atoms with Gasteiger partial charge in [-0.25, -0.2) is 0 Å². The van der Waals surface area contributed by atoms with Crippen LogP contribution in [0.15, 0.2) is 0 Å². The molecule has 0 radical (unpaired) electrons. The summed E-state index contributed by atoms with van der Waals surface area (Å²) in [6.45, 7) is 3.25. The van der Waals surface area contributed by atoms with Gasteiger partial charge in [0.25, 0.3) is 5.97 Å². The molecule has 0 rings (SSSR count). The van der Waals surface area contributed by atoms with Crippen molar-refractivity contribution in [3.63, 3.8) is 0 Å². The molecule has 0 aromatic carbocycles. The van der Waals surface area contributed by atoms with Crippen LogP contribution in [0.3, 0.4) is 0 Å². The van der Waals surface area contributed by atoms with Gasteiger partial charge in [-0.05, 0) is 0 Å². The van der Waals surface area contributed by atoms with Crippen molar-refractivity contribution in [1.29, 1.82) is 0 Å². The Bertz CT molecular complexity index is 128. The van der Waals surface area contributed by atoms with Crippen molar-refractivity contribution in [2.24, 2.45) is 0 Å². The quantitative estimate of drug-likeness (QED) is 0.614. The highest BCUT2D eigenvalue weighted by molar-refractivity contribution is 5.66. The molecule has 0 atom stereocenters. The minimum Gasteiger partial charge on any atom is -0.481 e. The van der Waals surface area contributed by atoms with E-state index in [9.17, 15) is 4.79 Å². The van der Waals surface area contributed by atoms with Crippen molar-refractivity contribution in [2.75, 3.05) is 20.3 Å². The van der Waals surface area contributed by atoms with E-state index < -0.39 is 11.9 Å². The molecule has 0 fully saturated rings. The molecule has 0 aliphatic rings. The summed E-state index contributed by atoms with van der Waals surface area (Å²) >= 11 is 0. The summed E-state index contributed by atoms with van der Waals surface area (Å²) < 4.78 is 4.44. The lowest BCUT2D eigenvalue weighted by atomic mass is 10.5. The molecule has 0 bridgehead atoms. The number of aliphatic hydroxyl groups is 1. The van der Waals surface area contributed by atoms with Gasteiger partial charge in [-0.1, -0.05) is 6.92 Å². The number of carbonyl (C=O) groups is 2. The summed E-state index contributed by atoms with van der Waals surface area (Å²) in [4.78, 5) is 18.4. The van der Waals surface area contributed by atoms with E-state index in [2.05, 4.69) is 4.74 Å². The molecule has 0 aromatic heterocycles. The number of carboxylic acids is 2. The number of hydrogen-bond acceptors (Lipinski definition) is 4. The van der Waals surface area contributed by atoms with Gasteiger partial charge in [0.05, 0.1) is 13.2 Å². The van der Waals surface area contributed by atoms with Crippen LogP contribution in [0.1, 0.15) is 20.3 Å². The standard InChI is InChI=1S/C3H8O2.C3H6O2.C2H4O2/c1-5-3-2-4;1-2-3(4)5;1-2(3)4/h4H,2-3H2,1H3;2H2,1H3,(H,4,5);1H3,(H,3,4). The maximum Gasteiger partial charge on any atom is 0.303 e. The lowest BCUT2D eigenvalue weighted by molar-refractivity contribution is -0.137. The van der Waals surface area contributed by atoms with Gasteiger partial charge in [-0.3, -0.25) is 9.59 Å². The Kier molecular flexibility index (Phi) is 23.7. The zero-order valence-electron chi connectivity index (χ0n) is 8.69. The summed E-state index contributed by atoms with van der Waals surface area (Å²) in [5.74, 6) is -1.58. The SMILES string of the molecule is CC(=O)O.CCC(=O)O.COCCO. The molecule has 0 unspecified atom stereocenters. The van der Waals surface area contributed by atoms with Crippen LogP contribution in [-0.4, -0.2) is 47.6 Å². The largest absolute Gasteiger partial charge is 0.481 e. The first-order valence-corrected chi connectivity index (χ1v) is 3.93. The maximum absolute atomic E-state index is 9.37. The topological polar surface area (TPSA) is 104 Å². The van der Waals surface area contributed by atoms with Crippen molar-refractivity contribution in [3.8, 4) is 0 Å². The molecule has 0 amide bonds. The van der Waals surface area contributed by atoms with Gasteiger partial charge < -0.3 is 20.1 Å². The van der Waals surface area contributed by atoms with E-state index in [0.29, 0.717) is 6.61 Å². The van der Waals surface area contributed by atoms with E-state index in [1.807, 2.05) is 0 Å². The predicted molar refractivity (Wildman–Crippen MR) is 50.2 cm³/mol. The van der Waals surface area contributed by atoms with Crippen LogP contribution in [0.5, 0.6) is 0 Å². The number of aliphatic carboxylic acids is 2. The Hall–Kier alpha value is -1.14. The molecule has 0 heterocycles. The second-order valence-corrected chi connectivity index (χ2v) is 1.98. The summed E-state index contributed by atoms with van der Waals surface area (Å²) in [6.07, 6.45) is 0.222. The van der Waals surface area contributed by atoms with E-state index in [0.717, 1.165) is 6.92 Å². The molecule has 0 aliphatic heterocycles. The fraction of sp³-hybridized carbons (Fsp3) is 0.750. The minimum absolute atomic E-state index is 0.122. The average molecular weight is 210 g/mol. The molecule has 0 saturated heterocycles. The van der Waals surface area contributed by atoms with Crippen molar-refractivity contribution in [1.82, 2.24) is 0 Å². The second-order valence-electron chi connectivity index (χ2n) is 1.98. The maximum atomic E-state index is 9.37. The zero-order chi connectivity index (χ0) is 12.0. The lowest BCUT2D eigenvalue weighted by Gasteiger charge is -1.84. The Labute approximate surface area is 83.1 Å². The highest BCUT2D eigenvalue weighted by Gasteiger charge is 1.80. The Balaban J connectivity index is -0.000000131. The minimum atomic E-state index is -0.833. The van der Waals surface area contributed by atoms with Crippen LogP contribution in [0.4, 0.5) is 0 Å². The first kappa shape index (κ1) is 18.6. The van der Waals surface area contributed by atoms with Crippen LogP contribution >= 0.6 is 0 Å². The van der Waals surface area contributed by atoms with Gasteiger partial charge in [0.15, 0.2) is 0 Å². The molecule has 0 aliphatic carbocycles. The fourth-order valence-electron chi connectivity index (χ4n) is 0.0913. The van der Waals surface area contributed by atoms with Gasteiger partial charge in [0.2, 0.25) is 0 Å². The van der Waals surface area contributed by atoms with E-state index in [-0.39, 0.29) is 13.0 Å². The summed E-state index contributed by atoms with van der Waals surface area (Å²) in [6, 6.07) is 0. The molecule has 86 valence electrons. The number of methoxy groups -OCH3 is 1. The van der Waals surface area contributed by atoms with Gasteiger partial charge >= 0.3 is 5.97 Å². The van der Waals surface area contributed by atoms with Crippen molar-refractivity contribution in [2.45, 2.75) is 20.3 Å². The summed E-state index contributed by atoms with van der Waals surface area (Å²) in [5, 5.41) is 23.1. The molecule has 0 aromatic rings. The molecule has 0 saturated carbocycles. The molecule has 0 spiro atoms. The number of hydrogen-bond donors (Lipinski definition) is 3. The summed E-state index contributed by atoms with van der Waals surface area (Å²) in [5.41, 5.74) is 0. The van der Waals surface area contributed by atoms with Crippen LogP contribution in [0.25, 0.3) is 0 Å². The zero-order valence-corrected chi connectivity index (χ0v) is 8.69. The molecule has 6 nitrogen and oxygen atoms in total. The van der Waals surface area contributed by atoms with Gasteiger partial charge in [0, 0.05) is 20.5 Å². The van der Waals surface area contributed by atoms with Crippen molar-refractivity contribution in [3.05, 3.63) is 0 Å². The molecular weight excluding hydrogens is 192 g/mol. The first-order valence-electron chi connectivity index (χ1n) is 3.93. The molecule has 14 heavy (non-hydrogen) atoms. The molecule has 3 N–H and O–H groups in total. The predicted octanol–water partition coefficient (Wildman–Crippen LogP) is 0.197. The van der Waals surface area contributed by atoms with Gasteiger partial charge in [0.1, 0.15) is 0 Å². The van der Waals surface area contributed by atoms with Crippen molar-refractivity contribution < 1.29 is 29.6 Å². The third-order valence-corrected chi connectivity index (χ3v) is 0.598. The Morgan fingerprint density at radius 1 is 1.29 bits per heavy atom. The van der Waals surface area contributed by atoms with Crippen LogP contribution in [0.2, 0.25) is 0 Å². The van der Waals surface area contributed by atoms with E-state index in [1.165, 1.54) is 0 Å². The fourth-order valence-corrected chi connectivity index (χ4v) is 0.0913. The highest BCUT2D eigenvalue weighted by Crippen LogP contribution is 1.67. The molecule has 6 heteroatoms. The third-order valence-electron chi connectivity index (χ3n) is 0.598. The normalized spacial score (nSPS) is 7.43. The van der Waals surface area contributed by atoms with E-state index in [4.69, 9.17) is 20.1 Å². The number of ether oxygens (including phenoxy) is 1. The average Bonchev–Trinajstić information content (AvgIpc) is 2.06. The first-order chi connectivity index (χ1) is 6.42. The second kappa shape index (κ2) is 17.8. The van der Waals surface area contributed by atoms with Gasteiger partial charge in [-0.2, -0.15) is 0 Å². The van der Waals surface area contributed by atoms with Crippen LogP contribution in [-0.2, 0) is 14.3 Å². The van der Waals surface area contributed by atoms with E-state index >= 15 is 0 Å². The van der Waals surface area contributed by atoms with Crippen LogP contribution < -0.4 is 0 Å². The Morgan fingerprint density at radius 2 is 1.57 bits per heavy atom. The smallest absolute Gasteiger partial charge is 0.303 e. The monoisotopic (exact) mass is 210 g/mol. The van der Waals surface area contributed by atoms with E-state index in [1.54, 1.807) is 14.0 Å².